The first-order valence-corrected chi connectivity index (χ1v) is 5.65. The minimum atomic E-state index is -0.133. The van der Waals surface area contributed by atoms with Crippen molar-refractivity contribution < 1.29 is 9.59 Å². The molecule has 0 aromatic carbocycles. The molecule has 0 radical (unpaired) electrons. The second-order valence-electron chi connectivity index (χ2n) is 4.27. The number of hydrogen-bond donors (Lipinski definition) is 0. The molecular weight excluding hydrogens is 228 g/mol. The van der Waals surface area contributed by atoms with Crippen LogP contribution in [0.4, 0.5) is 0 Å². The summed E-state index contributed by atoms with van der Waals surface area (Å²) in [4.78, 5) is 27.7. The predicted octanol–water partition coefficient (Wildman–Crippen LogP) is 1.35. The van der Waals surface area contributed by atoms with E-state index >= 15 is 0 Å². The van der Waals surface area contributed by atoms with E-state index in [0.29, 0.717) is 22.5 Å². The van der Waals surface area contributed by atoms with Crippen LogP contribution in [0.1, 0.15) is 0 Å². The van der Waals surface area contributed by atoms with Crippen molar-refractivity contribution >= 4 is 11.8 Å². The smallest absolute Gasteiger partial charge is 0.265 e. The first-order valence-electron chi connectivity index (χ1n) is 5.65. The van der Waals surface area contributed by atoms with E-state index in [4.69, 9.17) is 0 Å². The molecule has 0 fully saturated rings. The Morgan fingerprint density at radius 2 is 1.11 bits per heavy atom. The van der Waals surface area contributed by atoms with Crippen LogP contribution < -0.4 is 0 Å². The first kappa shape index (κ1) is 9.41. The van der Waals surface area contributed by atoms with Gasteiger partial charge in [0.25, 0.3) is 11.8 Å². The van der Waals surface area contributed by atoms with Gasteiger partial charge in [-0.2, -0.15) is 0 Å². The van der Waals surface area contributed by atoms with Crippen molar-refractivity contribution in [2.24, 2.45) is 0 Å². The van der Waals surface area contributed by atoms with Gasteiger partial charge in [0.05, 0.1) is 22.5 Å². The molecule has 0 bridgehead atoms. The molecule has 0 aromatic rings. The lowest BCUT2D eigenvalue weighted by Crippen LogP contribution is -2.25. The van der Waals surface area contributed by atoms with Crippen molar-refractivity contribution in [3.05, 3.63) is 71.4 Å². The molecule has 0 spiro atoms. The predicted molar refractivity (Wildman–Crippen MR) is 64.3 cm³/mol. The SMILES string of the molecule is O=C1C2=C3C=CC=CN3C(=O)C2=C2C=CC=CN12. The van der Waals surface area contributed by atoms with Crippen molar-refractivity contribution in [3.63, 3.8) is 0 Å². The molecule has 4 aliphatic rings. The number of carbonyl (C=O) groups excluding carboxylic acids is 2. The summed E-state index contributed by atoms with van der Waals surface area (Å²) in [6.07, 6.45) is 14.2. The highest BCUT2D eigenvalue weighted by Gasteiger charge is 2.46. The fourth-order valence-corrected chi connectivity index (χ4v) is 2.58. The van der Waals surface area contributed by atoms with E-state index in [9.17, 15) is 9.59 Å². The normalized spacial score (nSPS) is 23.3. The van der Waals surface area contributed by atoms with Crippen molar-refractivity contribution in [1.29, 1.82) is 0 Å². The molecule has 0 aliphatic carbocycles. The summed E-state index contributed by atoms with van der Waals surface area (Å²) < 4.78 is 0. The number of allylic oxidation sites excluding steroid dienone is 6. The fraction of sp³-hybridized carbons (Fsp3) is 0. The Morgan fingerprint density at radius 1 is 0.667 bits per heavy atom. The Balaban J connectivity index is 2.03. The molecular formula is C14H8N2O2. The van der Waals surface area contributed by atoms with E-state index in [-0.39, 0.29) is 11.8 Å². The molecule has 0 unspecified atom stereocenters. The van der Waals surface area contributed by atoms with Crippen LogP contribution in [0.2, 0.25) is 0 Å². The van der Waals surface area contributed by atoms with E-state index in [1.165, 1.54) is 9.80 Å². The van der Waals surface area contributed by atoms with Crippen LogP contribution in [0.5, 0.6) is 0 Å². The molecule has 86 valence electrons. The van der Waals surface area contributed by atoms with E-state index in [1.54, 1.807) is 36.7 Å². The molecule has 0 atom stereocenters. The highest BCUT2D eigenvalue weighted by atomic mass is 16.2. The molecule has 4 nitrogen and oxygen atoms in total. The molecule has 18 heavy (non-hydrogen) atoms. The molecule has 0 saturated heterocycles. The summed E-state index contributed by atoms with van der Waals surface area (Å²) in [6.45, 7) is 0. The zero-order valence-electron chi connectivity index (χ0n) is 9.33. The van der Waals surface area contributed by atoms with Gasteiger partial charge < -0.3 is 0 Å². The van der Waals surface area contributed by atoms with Crippen LogP contribution >= 0.6 is 0 Å². The summed E-state index contributed by atoms with van der Waals surface area (Å²) in [5, 5.41) is 0. The van der Waals surface area contributed by atoms with Gasteiger partial charge >= 0.3 is 0 Å². The number of nitrogens with zero attached hydrogens (tertiary/aromatic N) is 2. The summed E-state index contributed by atoms with van der Waals surface area (Å²) >= 11 is 0. The lowest BCUT2D eigenvalue weighted by Gasteiger charge is -2.20. The van der Waals surface area contributed by atoms with Gasteiger partial charge in [0.15, 0.2) is 0 Å². The van der Waals surface area contributed by atoms with Crippen molar-refractivity contribution in [2.75, 3.05) is 0 Å². The third-order valence-electron chi connectivity index (χ3n) is 3.35. The topological polar surface area (TPSA) is 40.6 Å². The Bertz CT molecular complexity index is 627. The number of fused-ring (bicyclic) bond motifs is 3. The van der Waals surface area contributed by atoms with E-state index < -0.39 is 0 Å². The first-order chi connectivity index (χ1) is 8.79. The molecule has 2 amide bonds. The summed E-state index contributed by atoms with van der Waals surface area (Å²) in [7, 11) is 0. The second kappa shape index (κ2) is 2.98. The van der Waals surface area contributed by atoms with Crippen LogP contribution in [0.25, 0.3) is 0 Å². The zero-order chi connectivity index (χ0) is 12.3. The minimum absolute atomic E-state index is 0.133. The third kappa shape index (κ3) is 0.913. The van der Waals surface area contributed by atoms with Gasteiger partial charge in [0.1, 0.15) is 0 Å². The Hall–Kier alpha value is -2.62. The highest BCUT2D eigenvalue weighted by Crippen LogP contribution is 2.42. The van der Waals surface area contributed by atoms with Crippen LogP contribution in [0.3, 0.4) is 0 Å². The minimum Gasteiger partial charge on any atom is -0.283 e. The van der Waals surface area contributed by atoms with Gasteiger partial charge in [-0.25, -0.2) is 0 Å². The lowest BCUT2D eigenvalue weighted by atomic mass is 10.1. The maximum Gasteiger partial charge on any atom is 0.265 e. The molecule has 4 heteroatoms. The second-order valence-corrected chi connectivity index (χ2v) is 4.27. The largest absolute Gasteiger partial charge is 0.283 e. The van der Waals surface area contributed by atoms with Crippen LogP contribution in [0, 0.1) is 0 Å². The van der Waals surface area contributed by atoms with Gasteiger partial charge in [-0.15, -0.1) is 0 Å². The lowest BCUT2D eigenvalue weighted by molar-refractivity contribution is -0.122. The maximum atomic E-state index is 12.3. The molecule has 0 aromatic heterocycles. The van der Waals surface area contributed by atoms with Gasteiger partial charge in [-0.1, -0.05) is 12.2 Å². The van der Waals surface area contributed by atoms with E-state index in [2.05, 4.69) is 0 Å². The van der Waals surface area contributed by atoms with Gasteiger partial charge in [0, 0.05) is 12.4 Å². The van der Waals surface area contributed by atoms with Gasteiger partial charge in [0.2, 0.25) is 0 Å². The molecule has 4 heterocycles. The van der Waals surface area contributed by atoms with E-state index in [1.807, 2.05) is 12.2 Å². The quantitative estimate of drug-likeness (QED) is 0.637. The van der Waals surface area contributed by atoms with Crippen LogP contribution in [0.15, 0.2) is 71.4 Å². The van der Waals surface area contributed by atoms with Crippen LogP contribution in [-0.2, 0) is 9.59 Å². The highest BCUT2D eigenvalue weighted by molar-refractivity contribution is 6.21. The summed E-state index contributed by atoms with van der Waals surface area (Å²) in [6, 6.07) is 0. The Morgan fingerprint density at radius 3 is 1.56 bits per heavy atom. The fourth-order valence-electron chi connectivity index (χ4n) is 2.58. The molecule has 0 saturated carbocycles. The Labute approximate surface area is 103 Å². The maximum absolute atomic E-state index is 12.3. The zero-order valence-corrected chi connectivity index (χ0v) is 9.33. The number of hydrogen-bond acceptors (Lipinski definition) is 2. The Kier molecular flexibility index (Phi) is 1.56. The number of carbonyl (C=O) groups is 2. The van der Waals surface area contributed by atoms with Crippen molar-refractivity contribution in [1.82, 2.24) is 9.80 Å². The van der Waals surface area contributed by atoms with Crippen molar-refractivity contribution in [2.45, 2.75) is 0 Å². The molecule has 4 aliphatic heterocycles. The monoisotopic (exact) mass is 236 g/mol. The summed E-state index contributed by atoms with van der Waals surface area (Å²) in [5.74, 6) is -0.266. The van der Waals surface area contributed by atoms with Crippen LogP contribution in [-0.4, -0.2) is 21.6 Å². The average molecular weight is 236 g/mol. The standard InChI is InChI=1S/C14H8N2O2/c17-13-11-9-5-1-3-7-15(9)14(18)12(11)10-6-2-4-8-16(10)13/h1-8H. The third-order valence-corrected chi connectivity index (χ3v) is 3.35. The number of rotatable bonds is 0. The molecule has 4 rings (SSSR count). The average Bonchev–Trinajstić information content (AvgIpc) is 2.87. The number of amides is 2. The van der Waals surface area contributed by atoms with E-state index in [0.717, 1.165) is 0 Å². The molecule has 0 N–H and O–H groups in total. The summed E-state index contributed by atoms with van der Waals surface area (Å²) in [5.41, 5.74) is 2.36. The van der Waals surface area contributed by atoms with Gasteiger partial charge in [-0.3, -0.25) is 19.4 Å². The van der Waals surface area contributed by atoms with Gasteiger partial charge in [-0.05, 0) is 24.3 Å². The van der Waals surface area contributed by atoms with Crippen molar-refractivity contribution in [3.8, 4) is 0 Å².